The number of rotatable bonds is 1. The molecule has 0 amide bonds. The summed E-state index contributed by atoms with van der Waals surface area (Å²) in [6.45, 7) is 5.83. The van der Waals surface area contributed by atoms with Crippen LogP contribution in [0.3, 0.4) is 0 Å². The molecule has 1 aliphatic heterocycles. The van der Waals surface area contributed by atoms with E-state index in [9.17, 15) is 4.79 Å². The first-order valence-electron chi connectivity index (χ1n) is 4.85. The molecule has 3 unspecified atom stereocenters. The molecule has 4 nitrogen and oxygen atoms in total. The highest BCUT2D eigenvalue weighted by atomic mass is 35.5. The van der Waals surface area contributed by atoms with Crippen molar-refractivity contribution >= 4 is 17.6 Å². The topological polar surface area (TPSA) is 62.1 Å². The van der Waals surface area contributed by atoms with E-state index in [4.69, 9.17) is 21.6 Å². The summed E-state index contributed by atoms with van der Waals surface area (Å²) >= 11 is 5.98. The van der Waals surface area contributed by atoms with Gasteiger partial charge in [-0.05, 0) is 20.8 Å². The number of ether oxygens (including phenoxy) is 1. The molecule has 1 rings (SSSR count). The summed E-state index contributed by atoms with van der Waals surface area (Å²) in [6, 6.07) is 1.49. The van der Waals surface area contributed by atoms with Crippen LogP contribution in [-0.4, -0.2) is 29.5 Å². The molecule has 1 fully saturated rings. The smallest absolute Gasteiger partial charge is 0.325 e. The molecule has 1 aliphatic rings. The third kappa shape index (κ3) is 3.08. The predicted octanol–water partition coefficient (Wildman–Crippen LogP) is 1.05. The summed E-state index contributed by atoms with van der Waals surface area (Å²) in [5.41, 5.74) is -0.528. The summed E-state index contributed by atoms with van der Waals surface area (Å²) < 4.78 is 5.19. The molecule has 0 aromatic heterocycles. The monoisotopic (exact) mass is 230 g/mol. The van der Waals surface area contributed by atoms with Gasteiger partial charge in [0.1, 0.15) is 11.6 Å². The van der Waals surface area contributed by atoms with Gasteiger partial charge in [0.05, 0.1) is 17.4 Å². The Balaban J connectivity index is 2.60. The van der Waals surface area contributed by atoms with Gasteiger partial charge in [0, 0.05) is 6.54 Å². The number of hydrogen-bond acceptors (Lipinski definition) is 4. The minimum atomic E-state index is -0.574. The van der Waals surface area contributed by atoms with E-state index in [1.54, 1.807) is 20.8 Å². The lowest BCUT2D eigenvalue weighted by atomic mass is 10.1. The van der Waals surface area contributed by atoms with Crippen LogP contribution in [0, 0.1) is 17.2 Å². The summed E-state index contributed by atoms with van der Waals surface area (Å²) in [4.78, 5) is 11.7. The molecule has 1 heterocycles. The van der Waals surface area contributed by atoms with Gasteiger partial charge in [-0.25, -0.2) is 0 Å². The molecule has 0 bridgehead atoms. The number of esters is 1. The lowest BCUT2D eigenvalue weighted by Gasteiger charge is -2.23. The Morgan fingerprint density at radius 3 is 2.60 bits per heavy atom. The molecule has 0 radical (unpaired) electrons. The molecular weight excluding hydrogens is 216 g/mol. The third-order valence-corrected chi connectivity index (χ3v) is 2.64. The number of nitriles is 1. The first kappa shape index (κ1) is 12.3. The number of alkyl halides is 1. The molecule has 5 heteroatoms. The average Bonchev–Trinajstić information content (AvgIpc) is 2.43. The van der Waals surface area contributed by atoms with Gasteiger partial charge in [-0.2, -0.15) is 5.26 Å². The fourth-order valence-electron chi connectivity index (χ4n) is 1.41. The molecule has 0 aromatic rings. The van der Waals surface area contributed by atoms with Gasteiger partial charge in [-0.1, -0.05) is 0 Å². The largest absolute Gasteiger partial charge is 0.459 e. The molecule has 0 spiro atoms. The lowest BCUT2D eigenvalue weighted by Crippen LogP contribution is -2.41. The molecule has 3 atom stereocenters. The molecule has 1 N–H and O–H groups in total. The maximum Gasteiger partial charge on any atom is 0.325 e. The second-order valence-corrected chi connectivity index (χ2v) is 5.10. The Bertz CT molecular complexity index is 293. The van der Waals surface area contributed by atoms with Gasteiger partial charge in [0.15, 0.2) is 0 Å². The normalized spacial score (nSPS) is 31.0. The van der Waals surface area contributed by atoms with Crippen LogP contribution < -0.4 is 5.32 Å². The second kappa shape index (κ2) is 4.38. The highest BCUT2D eigenvalue weighted by Crippen LogP contribution is 2.22. The van der Waals surface area contributed by atoms with Crippen LogP contribution in [0.2, 0.25) is 0 Å². The number of hydrogen-bond donors (Lipinski definition) is 1. The fraction of sp³-hybridized carbons (Fsp3) is 0.800. The SMILES string of the molecule is CC(C)(C)OC(=O)C1NCC(C#N)C1Cl. The molecular formula is C10H15ClN2O2. The van der Waals surface area contributed by atoms with Crippen LogP contribution in [0.1, 0.15) is 20.8 Å². The van der Waals surface area contributed by atoms with Gasteiger partial charge in [0.2, 0.25) is 0 Å². The second-order valence-electron chi connectivity index (χ2n) is 4.60. The fourth-order valence-corrected chi connectivity index (χ4v) is 1.74. The van der Waals surface area contributed by atoms with Crippen LogP contribution in [0.25, 0.3) is 0 Å². The van der Waals surface area contributed by atoms with Crippen LogP contribution in [0.4, 0.5) is 0 Å². The minimum Gasteiger partial charge on any atom is -0.459 e. The molecule has 15 heavy (non-hydrogen) atoms. The Morgan fingerprint density at radius 1 is 1.60 bits per heavy atom. The zero-order valence-electron chi connectivity index (χ0n) is 9.08. The van der Waals surface area contributed by atoms with E-state index in [0.29, 0.717) is 6.54 Å². The minimum absolute atomic E-state index is 0.329. The number of nitrogens with zero attached hydrogens (tertiary/aromatic N) is 1. The first-order chi connectivity index (χ1) is 6.85. The Morgan fingerprint density at radius 2 is 2.20 bits per heavy atom. The highest BCUT2D eigenvalue weighted by Gasteiger charge is 2.41. The molecule has 0 saturated carbocycles. The molecule has 84 valence electrons. The number of halogens is 1. The predicted molar refractivity (Wildman–Crippen MR) is 56.4 cm³/mol. The van der Waals surface area contributed by atoms with Crippen molar-refractivity contribution in [2.45, 2.75) is 37.8 Å². The van der Waals surface area contributed by atoms with Crippen LogP contribution in [0.15, 0.2) is 0 Å². The van der Waals surface area contributed by atoms with E-state index in [1.807, 2.05) is 0 Å². The van der Waals surface area contributed by atoms with E-state index in [1.165, 1.54) is 0 Å². The number of carbonyl (C=O) groups is 1. The summed E-state index contributed by atoms with van der Waals surface area (Å²) in [5.74, 6) is -0.718. The quantitative estimate of drug-likeness (QED) is 0.540. The van der Waals surface area contributed by atoms with Crippen LogP contribution >= 0.6 is 11.6 Å². The number of carbonyl (C=O) groups excluding carboxylic acids is 1. The molecule has 0 aliphatic carbocycles. The van der Waals surface area contributed by atoms with Gasteiger partial charge < -0.3 is 10.1 Å². The van der Waals surface area contributed by atoms with Crippen LogP contribution in [0.5, 0.6) is 0 Å². The van der Waals surface area contributed by atoms with Gasteiger partial charge in [0.25, 0.3) is 0 Å². The van der Waals surface area contributed by atoms with Crippen molar-refractivity contribution in [1.82, 2.24) is 5.32 Å². The van der Waals surface area contributed by atoms with E-state index >= 15 is 0 Å². The average molecular weight is 231 g/mol. The van der Waals surface area contributed by atoms with Crippen molar-refractivity contribution < 1.29 is 9.53 Å². The first-order valence-corrected chi connectivity index (χ1v) is 5.29. The zero-order chi connectivity index (χ0) is 11.6. The molecule has 0 aromatic carbocycles. The zero-order valence-corrected chi connectivity index (χ0v) is 9.84. The summed E-state index contributed by atoms with van der Waals surface area (Å²) in [6.07, 6.45) is 0. The van der Waals surface area contributed by atoms with Gasteiger partial charge in [-0.3, -0.25) is 4.79 Å². The Labute approximate surface area is 94.5 Å². The van der Waals surface area contributed by atoms with Crippen molar-refractivity contribution in [1.29, 1.82) is 5.26 Å². The van der Waals surface area contributed by atoms with Gasteiger partial charge >= 0.3 is 5.97 Å². The van der Waals surface area contributed by atoms with Crippen LogP contribution in [-0.2, 0) is 9.53 Å². The van der Waals surface area contributed by atoms with Crippen molar-refractivity contribution in [3.8, 4) is 6.07 Å². The third-order valence-electron chi connectivity index (χ3n) is 2.09. The maximum atomic E-state index is 11.7. The van der Waals surface area contributed by atoms with Gasteiger partial charge in [-0.15, -0.1) is 11.6 Å². The summed E-state index contributed by atoms with van der Waals surface area (Å²) in [5, 5.41) is 11.1. The maximum absolute atomic E-state index is 11.7. The standard InChI is InChI=1S/C10H15ClN2O2/c1-10(2,3)15-9(14)8-7(11)6(4-12)5-13-8/h6-8,13H,5H2,1-3H3. The Hall–Kier alpha value is -0.790. The van der Waals surface area contributed by atoms with E-state index in [-0.39, 0.29) is 11.9 Å². The molecule has 1 saturated heterocycles. The highest BCUT2D eigenvalue weighted by molar-refractivity contribution is 6.23. The summed E-state index contributed by atoms with van der Waals surface area (Å²) in [7, 11) is 0. The lowest BCUT2D eigenvalue weighted by molar-refractivity contribution is -0.156. The van der Waals surface area contributed by atoms with Crippen molar-refractivity contribution in [2.75, 3.05) is 6.54 Å². The van der Waals surface area contributed by atoms with Crippen molar-refractivity contribution in [3.63, 3.8) is 0 Å². The van der Waals surface area contributed by atoms with E-state index in [0.717, 1.165) is 0 Å². The Kier molecular flexibility index (Phi) is 3.58. The van der Waals surface area contributed by atoms with E-state index in [2.05, 4.69) is 11.4 Å². The number of nitrogens with one attached hydrogen (secondary N) is 1. The van der Waals surface area contributed by atoms with E-state index < -0.39 is 17.0 Å². The van der Waals surface area contributed by atoms with Crippen molar-refractivity contribution in [2.24, 2.45) is 5.92 Å². The van der Waals surface area contributed by atoms with Crippen molar-refractivity contribution in [3.05, 3.63) is 0 Å².